The number of hydrogen-bond donors (Lipinski definition) is 2. The Morgan fingerprint density at radius 3 is 2.95 bits per heavy atom. The predicted molar refractivity (Wildman–Crippen MR) is 88.3 cm³/mol. The molecule has 7 heteroatoms. The first-order valence-electron chi connectivity index (χ1n) is 7.55. The Kier molecular flexibility index (Phi) is 5.71. The highest BCUT2D eigenvalue weighted by molar-refractivity contribution is 7.89. The molecule has 2 aliphatic rings. The Hall–Kier alpha value is -0.820. The second-order valence-electron chi connectivity index (χ2n) is 5.92. The molecule has 2 N–H and O–H groups in total. The van der Waals surface area contributed by atoms with Crippen molar-refractivity contribution in [1.29, 1.82) is 0 Å². The fourth-order valence-corrected chi connectivity index (χ4v) is 4.31. The van der Waals surface area contributed by atoms with Gasteiger partial charge in [0.1, 0.15) is 5.75 Å². The first-order valence-corrected chi connectivity index (χ1v) is 9.03. The average molecular weight is 347 g/mol. The fourth-order valence-electron chi connectivity index (χ4n) is 2.92. The van der Waals surface area contributed by atoms with Crippen molar-refractivity contribution >= 4 is 22.4 Å². The van der Waals surface area contributed by atoms with Gasteiger partial charge in [-0.3, -0.25) is 0 Å². The number of aryl methyl sites for hydroxylation is 1. The van der Waals surface area contributed by atoms with Crippen molar-refractivity contribution in [3.8, 4) is 5.75 Å². The van der Waals surface area contributed by atoms with Gasteiger partial charge in [0.05, 0.1) is 11.5 Å². The highest BCUT2D eigenvalue weighted by atomic mass is 35.5. The van der Waals surface area contributed by atoms with Gasteiger partial charge in [-0.15, -0.1) is 12.4 Å². The fraction of sp³-hybridized carbons (Fsp3) is 0.600. The van der Waals surface area contributed by atoms with Crippen molar-refractivity contribution in [1.82, 2.24) is 10.0 Å². The van der Waals surface area contributed by atoms with Gasteiger partial charge >= 0.3 is 0 Å². The van der Waals surface area contributed by atoms with Crippen LogP contribution < -0.4 is 14.8 Å². The summed E-state index contributed by atoms with van der Waals surface area (Å²) in [6.45, 7) is 4.45. The molecule has 3 rings (SSSR count). The Labute approximate surface area is 138 Å². The molecule has 1 aromatic carbocycles. The van der Waals surface area contributed by atoms with Crippen LogP contribution in [0.4, 0.5) is 0 Å². The number of hydrogen-bond acceptors (Lipinski definition) is 4. The number of sulfonamides is 1. The maximum atomic E-state index is 12.6. The van der Waals surface area contributed by atoms with E-state index in [1.165, 1.54) is 0 Å². The van der Waals surface area contributed by atoms with Crippen LogP contribution in [0.2, 0.25) is 0 Å². The Bertz CT molecular complexity index is 621. The highest BCUT2D eigenvalue weighted by Gasteiger charge is 2.27. The van der Waals surface area contributed by atoms with Crippen molar-refractivity contribution in [2.75, 3.05) is 19.7 Å². The van der Waals surface area contributed by atoms with E-state index in [-0.39, 0.29) is 18.4 Å². The summed E-state index contributed by atoms with van der Waals surface area (Å²) in [4.78, 5) is 0.338. The number of ether oxygens (including phenoxy) is 1. The van der Waals surface area contributed by atoms with Crippen LogP contribution in [0.15, 0.2) is 23.1 Å². The second kappa shape index (κ2) is 7.17. The summed E-state index contributed by atoms with van der Waals surface area (Å²) < 4.78 is 33.5. The van der Waals surface area contributed by atoms with Crippen LogP contribution in [-0.2, 0) is 16.4 Å². The van der Waals surface area contributed by atoms with Gasteiger partial charge in [-0.25, -0.2) is 13.1 Å². The molecule has 0 aliphatic carbocycles. The van der Waals surface area contributed by atoms with Crippen molar-refractivity contribution in [2.24, 2.45) is 5.92 Å². The van der Waals surface area contributed by atoms with Crippen LogP contribution in [0.5, 0.6) is 5.75 Å². The molecule has 2 unspecified atom stereocenters. The van der Waals surface area contributed by atoms with Crippen molar-refractivity contribution in [3.05, 3.63) is 23.8 Å². The van der Waals surface area contributed by atoms with Gasteiger partial charge in [0.2, 0.25) is 10.0 Å². The molecule has 2 heterocycles. The maximum Gasteiger partial charge on any atom is 0.240 e. The number of benzene rings is 1. The second-order valence-corrected chi connectivity index (χ2v) is 7.63. The van der Waals surface area contributed by atoms with Crippen LogP contribution in [-0.4, -0.2) is 34.2 Å². The third-order valence-corrected chi connectivity index (χ3v) is 5.81. The summed E-state index contributed by atoms with van der Waals surface area (Å²) >= 11 is 0. The Morgan fingerprint density at radius 2 is 2.18 bits per heavy atom. The number of halogens is 1. The molecule has 0 saturated carbocycles. The van der Waals surface area contributed by atoms with Gasteiger partial charge in [-0.05, 0) is 55.5 Å². The number of piperidine rings is 1. The van der Waals surface area contributed by atoms with Gasteiger partial charge < -0.3 is 10.1 Å². The van der Waals surface area contributed by atoms with E-state index >= 15 is 0 Å². The zero-order chi connectivity index (χ0) is 14.9. The van der Waals surface area contributed by atoms with Gasteiger partial charge in [-0.2, -0.15) is 0 Å². The molecule has 0 radical (unpaired) electrons. The quantitative estimate of drug-likeness (QED) is 0.874. The molecule has 0 bridgehead atoms. The lowest BCUT2D eigenvalue weighted by atomic mass is 9.96. The summed E-state index contributed by atoms with van der Waals surface area (Å²) in [6, 6.07) is 5.10. The molecule has 0 amide bonds. The number of rotatable bonds is 3. The zero-order valence-electron chi connectivity index (χ0n) is 12.7. The minimum Gasteiger partial charge on any atom is -0.493 e. The van der Waals surface area contributed by atoms with E-state index in [1.807, 2.05) is 0 Å². The first-order chi connectivity index (χ1) is 10.1. The molecule has 1 saturated heterocycles. The third-order valence-electron chi connectivity index (χ3n) is 4.32. The molecule has 1 fully saturated rings. The molecular weight excluding hydrogens is 324 g/mol. The Morgan fingerprint density at radius 1 is 1.36 bits per heavy atom. The van der Waals surface area contributed by atoms with E-state index in [9.17, 15) is 8.42 Å². The number of fused-ring (bicyclic) bond motifs is 1. The smallest absolute Gasteiger partial charge is 0.240 e. The lowest BCUT2D eigenvalue weighted by molar-refractivity contribution is 0.288. The van der Waals surface area contributed by atoms with Crippen molar-refractivity contribution in [2.45, 2.75) is 37.1 Å². The summed E-state index contributed by atoms with van der Waals surface area (Å²) in [5.74, 6) is 1.16. The largest absolute Gasteiger partial charge is 0.493 e. The highest BCUT2D eigenvalue weighted by Crippen LogP contribution is 2.27. The summed E-state index contributed by atoms with van der Waals surface area (Å²) in [5.41, 5.74) is 0.985. The SMILES string of the molecule is CC1CCNCC1NS(=O)(=O)c1ccc2c(c1)CCCO2.Cl. The normalized spacial score (nSPS) is 24.8. The lowest BCUT2D eigenvalue weighted by Crippen LogP contribution is -2.50. The topological polar surface area (TPSA) is 67.4 Å². The minimum atomic E-state index is -3.47. The molecular formula is C15H23ClN2O3S. The molecule has 124 valence electrons. The summed E-state index contributed by atoms with van der Waals surface area (Å²) in [6.07, 6.45) is 2.80. The van der Waals surface area contributed by atoms with Crippen LogP contribution in [0.1, 0.15) is 25.3 Å². The van der Waals surface area contributed by atoms with Gasteiger partial charge in [-0.1, -0.05) is 6.92 Å². The first kappa shape index (κ1) is 17.5. The van der Waals surface area contributed by atoms with Crippen molar-refractivity contribution < 1.29 is 13.2 Å². The van der Waals surface area contributed by atoms with Crippen LogP contribution >= 0.6 is 12.4 Å². The molecule has 22 heavy (non-hydrogen) atoms. The van der Waals surface area contributed by atoms with E-state index in [4.69, 9.17) is 4.74 Å². The van der Waals surface area contributed by atoms with Crippen molar-refractivity contribution in [3.63, 3.8) is 0 Å². The molecule has 2 aliphatic heterocycles. The standard InChI is InChI=1S/C15H22N2O3S.ClH/c1-11-6-7-16-10-14(11)17-21(18,19)13-4-5-15-12(9-13)3-2-8-20-15;/h4-5,9,11,14,16-17H,2-3,6-8,10H2,1H3;1H. The van der Waals surface area contributed by atoms with E-state index in [1.54, 1.807) is 18.2 Å². The van der Waals surface area contributed by atoms with Crippen LogP contribution in [0.25, 0.3) is 0 Å². The maximum absolute atomic E-state index is 12.6. The van der Waals surface area contributed by atoms with Crippen LogP contribution in [0.3, 0.4) is 0 Å². The molecule has 5 nitrogen and oxygen atoms in total. The zero-order valence-corrected chi connectivity index (χ0v) is 14.3. The number of nitrogens with one attached hydrogen (secondary N) is 2. The molecule has 2 atom stereocenters. The third kappa shape index (κ3) is 3.74. The van der Waals surface area contributed by atoms with Crippen LogP contribution in [0, 0.1) is 5.92 Å². The Balaban J connectivity index is 0.00000176. The monoisotopic (exact) mass is 346 g/mol. The molecule has 0 spiro atoms. The summed E-state index contributed by atoms with van der Waals surface area (Å²) in [7, 11) is -3.47. The lowest BCUT2D eigenvalue weighted by Gasteiger charge is -2.30. The average Bonchev–Trinajstić information content (AvgIpc) is 2.49. The molecule has 0 aromatic heterocycles. The van der Waals surface area contributed by atoms with E-state index in [2.05, 4.69) is 17.0 Å². The van der Waals surface area contributed by atoms with Gasteiger partial charge in [0, 0.05) is 12.6 Å². The predicted octanol–water partition coefficient (Wildman–Crippen LogP) is 1.71. The van der Waals surface area contributed by atoms with E-state index in [0.29, 0.717) is 24.0 Å². The minimum absolute atomic E-state index is 0. The molecule has 1 aromatic rings. The van der Waals surface area contributed by atoms with Gasteiger partial charge in [0.25, 0.3) is 0 Å². The van der Waals surface area contributed by atoms with E-state index < -0.39 is 10.0 Å². The van der Waals surface area contributed by atoms with E-state index in [0.717, 1.165) is 37.1 Å². The van der Waals surface area contributed by atoms with Gasteiger partial charge in [0.15, 0.2) is 0 Å². The summed E-state index contributed by atoms with van der Waals surface area (Å²) in [5, 5.41) is 3.24.